The van der Waals surface area contributed by atoms with Gasteiger partial charge in [-0.15, -0.1) is 0 Å². The Morgan fingerprint density at radius 2 is 1.95 bits per heavy atom. The van der Waals surface area contributed by atoms with E-state index in [4.69, 9.17) is 16.7 Å². The van der Waals surface area contributed by atoms with Crippen molar-refractivity contribution < 1.29 is 27.9 Å². The van der Waals surface area contributed by atoms with Gasteiger partial charge in [-0.25, -0.2) is 9.59 Å². The number of alkyl halides is 3. The van der Waals surface area contributed by atoms with Crippen LogP contribution < -0.4 is 5.32 Å². The van der Waals surface area contributed by atoms with Crippen molar-refractivity contribution >= 4 is 29.3 Å². The maximum atomic E-state index is 12.1. The number of carbonyl (C=O) groups is 2. The van der Waals surface area contributed by atoms with E-state index in [-0.39, 0.29) is 16.3 Å². The fraction of sp³-hybridized carbons (Fsp3) is 0.273. The van der Waals surface area contributed by atoms with Crippen molar-refractivity contribution in [1.29, 1.82) is 0 Å². The van der Waals surface area contributed by atoms with Crippen LogP contribution in [0.25, 0.3) is 0 Å². The highest BCUT2D eigenvalue weighted by atomic mass is 35.5. The Morgan fingerprint density at radius 1 is 1.35 bits per heavy atom. The molecular formula is C11H10ClF3N2O3. The van der Waals surface area contributed by atoms with E-state index in [0.717, 1.165) is 19.2 Å². The lowest BCUT2D eigenvalue weighted by Crippen LogP contribution is -2.38. The molecule has 0 unspecified atom stereocenters. The molecule has 0 radical (unpaired) electrons. The van der Waals surface area contributed by atoms with Gasteiger partial charge in [0, 0.05) is 17.8 Å². The van der Waals surface area contributed by atoms with Crippen LogP contribution in [0.2, 0.25) is 5.02 Å². The summed E-state index contributed by atoms with van der Waals surface area (Å²) < 4.78 is 36.4. The van der Waals surface area contributed by atoms with E-state index in [1.807, 2.05) is 0 Å². The second-order valence-corrected chi connectivity index (χ2v) is 4.37. The van der Waals surface area contributed by atoms with Gasteiger partial charge in [-0.2, -0.15) is 13.2 Å². The predicted octanol–water partition coefficient (Wildman–Crippen LogP) is 3.06. The monoisotopic (exact) mass is 310 g/mol. The second-order valence-electron chi connectivity index (χ2n) is 3.94. The first-order chi connectivity index (χ1) is 9.08. The van der Waals surface area contributed by atoms with Gasteiger partial charge in [0.2, 0.25) is 0 Å². The first-order valence-corrected chi connectivity index (χ1v) is 5.59. The maximum absolute atomic E-state index is 12.1. The summed E-state index contributed by atoms with van der Waals surface area (Å²) in [5, 5.41) is 11.0. The first-order valence-electron chi connectivity index (χ1n) is 5.21. The summed E-state index contributed by atoms with van der Waals surface area (Å²) in [6, 6.07) is 2.45. The van der Waals surface area contributed by atoms with Gasteiger partial charge in [0.05, 0.1) is 5.56 Å². The van der Waals surface area contributed by atoms with E-state index in [1.54, 1.807) is 0 Å². The Labute approximate surface area is 116 Å². The van der Waals surface area contributed by atoms with Crippen LogP contribution in [0.1, 0.15) is 10.4 Å². The smallest absolute Gasteiger partial charge is 0.406 e. The highest BCUT2D eigenvalue weighted by Gasteiger charge is 2.31. The summed E-state index contributed by atoms with van der Waals surface area (Å²) in [6.45, 7) is -1.43. The zero-order chi connectivity index (χ0) is 15.5. The topological polar surface area (TPSA) is 69.6 Å². The third-order valence-corrected chi connectivity index (χ3v) is 2.38. The molecule has 2 amide bonds. The minimum absolute atomic E-state index is 0.00563. The molecule has 0 spiro atoms. The van der Waals surface area contributed by atoms with Crippen LogP contribution in [0.5, 0.6) is 0 Å². The van der Waals surface area contributed by atoms with Gasteiger partial charge in [0.1, 0.15) is 6.54 Å². The van der Waals surface area contributed by atoms with Gasteiger partial charge >= 0.3 is 18.2 Å². The summed E-state index contributed by atoms with van der Waals surface area (Å²) in [6.07, 6.45) is -4.52. The van der Waals surface area contributed by atoms with E-state index in [1.165, 1.54) is 6.07 Å². The molecule has 0 aliphatic heterocycles. The summed E-state index contributed by atoms with van der Waals surface area (Å²) in [4.78, 5) is 22.7. The lowest BCUT2D eigenvalue weighted by atomic mass is 10.2. The lowest BCUT2D eigenvalue weighted by molar-refractivity contribution is -0.137. The zero-order valence-corrected chi connectivity index (χ0v) is 10.9. The number of hydrogen-bond donors (Lipinski definition) is 2. The van der Waals surface area contributed by atoms with Crippen molar-refractivity contribution in [3.8, 4) is 0 Å². The fourth-order valence-corrected chi connectivity index (χ4v) is 1.58. The highest BCUT2D eigenvalue weighted by Crippen LogP contribution is 2.20. The number of rotatable bonds is 3. The Hall–Kier alpha value is -1.96. The van der Waals surface area contributed by atoms with E-state index in [9.17, 15) is 22.8 Å². The van der Waals surface area contributed by atoms with Gasteiger partial charge in [0.15, 0.2) is 0 Å². The van der Waals surface area contributed by atoms with Crippen LogP contribution in [-0.2, 0) is 0 Å². The van der Waals surface area contributed by atoms with Crippen LogP contribution >= 0.6 is 11.6 Å². The summed E-state index contributed by atoms with van der Waals surface area (Å²) >= 11 is 5.66. The number of aromatic carboxylic acids is 1. The molecule has 0 atom stereocenters. The summed E-state index contributed by atoms with van der Waals surface area (Å²) in [5.41, 5.74) is -0.194. The molecule has 0 fully saturated rings. The Bertz CT molecular complexity index is 534. The highest BCUT2D eigenvalue weighted by molar-refractivity contribution is 6.31. The molecule has 5 nitrogen and oxygen atoms in total. The molecule has 0 bridgehead atoms. The van der Waals surface area contributed by atoms with Crippen LogP contribution in [0.3, 0.4) is 0 Å². The van der Waals surface area contributed by atoms with E-state index in [0.29, 0.717) is 4.90 Å². The SMILES string of the molecule is CN(CC(F)(F)F)C(=O)Nc1cc(Cl)cc(C(=O)O)c1. The maximum Gasteiger partial charge on any atom is 0.406 e. The number of benzene rings is 1. The van der Waals surface area contributed by atoms with Gasteiger partial charge in [-0.1, -0.05) is 11.6 Å². The number of hydrogen-bond acceptors (Lipinski definition) is 2. The third-order valence-electron chi connectivity index (χ3n) is 2.16. The van der Waals surface area contributed by atoms with Crippen LogP contribution in [0, 0.1) is 0 Å². The van der Waals surface area contributed by atoms with Crippen LogP contribution in [0.15, 0.2) is 18.2 Å². The molecule has 1 aromatic carbocycles. The molecule has 110 valence electrons. The third kappa shape index (κ3) is 4.96. The summed E-state index contributed by atoms with van der Waals surface area (Å²) in [5.74, 6) is -1.27. The average Bonchev–Trinajstić information content (AvgIpc) is 2.25. The van der Waals surface area contributed by atoms with E-state index < -0.39 is 24.7 Å². The molecule has 0 heterocycles. The molecule has 0 aliphatic rings. The lowest BCUT2D eigenvalue weighted by Gasteiger charge is -2.19. The van der Waals surface area contributed by atoms with Crippen molar-refractivity contribution in [2.24, 2.45) is 0 Å². The van der Waals surface area contributed by atoms with Crippen molar-refractivity contribution in [1.82, 2.24) is 4.90 Å². The molecule has 9 heteroatoms. The molecule has 2 N–H and O–H groups in total. The van der Waals surface area contributed by atoms with Crippen molar-refractivity contribution in [2.45, 2.75) is 6.18 Å². The number of carboxylic acid groups (broad SMARTS) is 1. The minimum Gasteiger partial charge on any atom is -0.478 e. The number of carbonyl (C=O) groups excluding carboxylic acids is 1. The number of halogens is 4. The number of nitrogens with zero attached hydrogens (tertiary/aromatic N) is 1. The number of carboxylic acids is 1. The predicted molar refractivity (Wildman–Crippen MR) is 66.1 cm³/mol. The molecule has 0 aromatic heterocycles. The summed E-state index contributed by atoms with van der Waals surface area (Å²) in [7, 11) is 0.964. The number of anilines is 1. The van der Waals surface area contributed by atoms with Crippen molar-refractivity contribution in [3.05, 3.63) is 28.8 Å². The Balaban J connectivity index is 2.83. The number of amides is 2. The molecule has 0 saturated carbocycles. The molecule has 1 rings (SSSR count). The molecule has 0 aliphatic carbocycles. The molecule has 20 heavy (non-hydrogen) atoms. The van der Waals surface area contributed by atoms with Crippen LogP contribution in [0.4, 0.5) is 23.7 Å². The van der Waals surface area contributed by atoms with E-state index >= 15 is 0 Å². The Kier molecular flexibility index (Phi) is 4.83. The quantitative estimate of drug-likeness (QED) is 0.901. The van der Waals surface area contributed by atoms with Crippen molar-refractivity contribution in [2.75, 3.05) is 18.9 Å². The average molecular weight is 311 g/mol. The standard InChI is InChI=1S/C11H10ClF3N2O3/c1-17(5-11(13,14)15)10(20)16-8-3-6(9(18)19)2-7(12)4-8/h2-4H,5H2,1H3,(H,16,20)(H,18,19). The zero-order valence-electron chi connectivity index (χ0n) is 10.2. The van der Waals surface area contributed by atoms with Gasteiger partial charge in [-0.3, -0.25) is 0 Å². The fourth-order valence-electron chi connectivity index (χ4n) is 1.34. The normalized spacial score (nSPS) is 11.1. The van der Waals surface area contributed by atoms with Gasteiger partial charge < -0.3 is 15.3 Å². The van der Waals surface area contributed by atoms with E-state index in [2.05, 4.69) is 5.32 Å². The molecule has 1 aromatic rings. The number of urea groups is 1. The minimum atomic E-state index is -4.52. The second kappa shape index (κ2) is 6.00. The Morgan fingerprint density at radius 3 is 2.45 bits per heavy atom. The molecular weight excluding hydrogens is 301 g/mol. The van der Waals surface area contributed by atoms with Gasteiger partial charge in [-0.05, 0) is 18.2 Å². The molecule has 0 saturated heterocycles. The largest absolute Gasteiger partial charge is 0.478 e. The first kappa shape index (κ1) is 16.1. The van der Waals surface area contributed by atoms with Crippen LogP contribution in [-0.4, -0.2) is 41.8 Å². The van der Waals surface area contributed by atoms with Gasteiger partial charge in [0.25, 0.3) is 0 Å². The van der Waals surface area contributed by atoms with Crippen molar-refractivity contribution in [3.63, 3.8) is 0 Å². The number of nitrogens with one attached hydrogen (secondary N) is 1.